The standard InChI is InChI=1S/C15H11N5O3S/c1-3-7-19-11-5-4-10(20(22)23)9-12(11)24-15(19)17-14(21)13-16-6-8-18(13)2/h1,4-6,8-9H,7H2,2H3. The molecule has 2 heterocycles. The Morgan fingerprint density at radius 2 is 2.33 bits per heavy atom. The van der Waals surface area contributed by atoms with Crippen molar-refractivity contribution >= 4 is 33.1 Å². The summed E-state index contributed by atoms with van der Waals surface area (Å²) in [7, 11) is 1.69. The van der Waals surface area contributed by atoms with Crippen LogP contribution in [0.5, 0.6) is 0 Å². The molecule has 0 saturated carbocycles. The topological polar surface area (TPSA) is 95.3 Å². The van der Waals surface area contributed by atoms with Crippen LogP contribution in [0.2, 0.25) is 0 Å². The highest BCUT2D eigenvalue weighted by Crippen LogP contribution is 2.23. The molecule has 0 saturated heterocycles. The number of aromatic nitrogens is 3. The van der Waals surface area contributed by atoms with Crippen LogP contribution in [0.4, 0.5) is 5.69 Å². The van der Waals surface area contributed by atoms with Crippen molar-refractivity contribution in [2.24, 2.45) is 12.0 Å². The quantitative estimate of drug-likeness (QED) is 0.412. The number of amides is 1. The number of non-ortho nitro benzene ring substituents is 1. The van der Waals surface area contributed by atoms with Crippen LogP contribution in [0.15, 0.2) is 35.6 Å². The number of carbonyl (C=O) groups is 1. The predicted molar refractivity (Wildman–Crippen MR) is 88.4 cm³/mol. The lowest BCUT2D eigenvalue weighted by Gasteiger charge is -1.99. The first kappa shape index (κ1) is 15.6. The third-order valence-electron chi connectivity index (χ3n) is 3.34. The van der Waals surface area contributed by atoms with Crippen LogP contribution in [0.25, 0.3) is 10.2 Å². The van der Waals surface area contributed by atoms with Gasteiger partial charge in [-0.2, -0.15) is 4.99 Å². The predicted octanol–water partition coefficient (Wildman–Crippen LogP) is 1.72. The molecule has 1 amide bonds. The number of imidazole rings is 1. The summed E-state index contributed by atoms with van der Waals surface area (Å²) in [4.78, 5) is 31.2. The summed E-state index contributed by atoms with van der Waals surface area (Å²) in [5.74, 6) is 2.20. The molecule has 120 valence electrons. The Hall–Kier alpha value is -3.25. The molecule has 24 heavy (non-hydrogen) atoms. The van der Waals surface area contributed by atoms with Gasteiger partial charge in [0, 0.05) is 31.6 Å². The summed E-state index contributed by atoms with van der Waals surface area (Å²) in [6, 6.07) is 4.44. The van der Waals surface area contributed by atoms with E-state index in [-0.39, 0.29) is 18.1 Å². The molecule has 0 bridgehead atoms. The SMILES string of the molecule is C#CCn1c(=NC(=O)c2nccn2C)sc2cc([N+](=O)[O-])ccc21. The minimum Gasteiger partial charge on any atom is -0.330 e. The van der Waals surface area contributed by atoms with Crippen LogP contribution < -0.4 is 4.80 Å². The zero-order chi connectivity index (χ0) is 17.3. The number of nitro benzene ring substituents is 1. The highest BCUT2D eigenvalue weighted by Gasteiger charge is 2.14. The number of nitro groups is 1. The van der Waals surface area contributed by atoms with Gasteiger partial charge in [0.05, 0.1) is 21.7 Å². The van der Waals surface area contributed by atoms with Gasteiger partial charge in [0.25, 0.3) is 5.69 Å². The first-order chi connectivity index (χ1) is 11.5. The summed E-state index contributed by atoms with van der Waals surface area (Å²) < 4.78 is 3.87. The fourth-order valence-corrected chi connectivity index (χ4v) is 3.27. The van der Waals surface area contributed by atoms with E-state index in [0.29, 0.717) is 15.0 Å². The first-order valence-corrected chi connectivity index (χ1v) is 7.60. The average molecular weight is 341 g/mol. The smallest absolute Gasteiger partial charge is 0.315 e. The molecule has 0 atom stereocenters. The summed E-state index contributed by atoms with van der Waals surface area (Å²) in [5, 5.41) is 10.9. The minimum absolute atomic E-state index is 0.0291. The monoisotopic (exact) mass is 341 g/mol. The van der Waals surface area contributed by atoms with Crippen molar-refractivity contribution in [1.29, 1.82) is 0 Å². The average Bonchev–Trinajstić information content (AvgIpc) is 3.11. The molecule has 0 aliphatic heterocycles. The molecule has 1 aromatic carbocycles. The van der Waals surface area contributed by atoms with Crippen LogP contribution in [0.3, 0.4) is 0 Å². The van der Waals surface area contributed by atoms with Crippen LogP contribution in [-0.4, -0.2) is 24.9 Å². The van der Waals surface area contributed by atoms with Gasteiger partial charge in [0.2, 0.25) is 5.82 Å². The van der Waals surface area contributed by atoms with Crippen molar-refractivity contribution in [3.8, 4) is 12.3 Å². The van der Waals surface area contributed by atoms with Gasteiger partial charge in [0.1, 0.15) is 0 Å². The molecule has 0 N–H and O–H groups in total. The molecular weight excluding hydrogens is 330 g/mol. The summed E-state index contributed by atoms with van der Waals surface area (Å²) in [5.41, 5.74) is 0.661. The zero-order valence-electron chi connectivity index (χ0n) is 12.5. The van der Waals surface area contributed by atoms with Crippen LogP contribution in [0, 0.1) is 22.5 Å². The molecule has 0 aliphatic carbocycles. The van der Waals surface area contributed by atoms with Crippen molar-refractivity contribution in [3.05, 3.63) is 51.3 Å². The molecule has 0 aliphatic rings. The summed E-state index contributed by atoms with van der Waals surface area (Å²) >= 11 is 1.17. The number of aryl methyl sites for hydroxylation is 1. The third kappa shape index (κ3) is 2.70. The van der Waals surface area contributed by atoms with Gasteiger partial charge in [0.15, 0.2) is 4.80 Å². The van der Waals surface area contributed by atoms with E-state index < -0.39 is 10.8 Å². The Morgan fingerprint density at radius 1 is 1.54 bits per heavy atom. The zero-order valence-corrected chi connectivity index (χ0v) is 13.4. The number of benzene rings is 1. The number of hydrogen-bond donors (Lipinski definition) is 0. The maximum atomic E-state index is 12.3. The third-order valence-corrected chi connectivity index (χ3v) is 4.38. The highest BCUT2D eigenvalue weighted by molar-refractivity contribution is 7.16. The number of rotatable bonds is 3. The van der Waals surface area contributed by atoms with Gasteiger partial charge in [-0.05, 0) is 6.07 Å². The maximum Gasteiger partial charge on any atom is 0.315 e. The van der Waals surface area contributed by atoms with Gasteiger partial charge in [-0.1, -0.05) is 17.3 Å². The Labute approximate surface area is 139 Å². The molecular formula is C15H11N5O3S. The van der Waals surface area contributed by atoms with Crippen LogP contribution in [-0.2, 0) is 13.6 Å². The largest absolute Gasteiger partial charge is 0.330 e. The number of thiazole rings is 1. The minimum atomic E-state index is -0.505. The fourth-order valence-electron chi connectivity index (χ4n) is 2.21. The van der Waals surface area contributed by atoms with Crippen molar-refractivity contribution in [2.75, 3.05) is 0 Å². The summed E-state index contributed by atoms with van der Waals surface area (Å²) in [6.07, 6.45) is 8.54. The van der Waals surface area contributed by atoms with E-state index in [9.17, 15) is 14.9 Å². The van der Waals surface area contributed by atoms with Crippen molar-refractivity contribution in [2.45, 2.75) is 6.54 Å². The van der Waals surface area contributed by atoms with E-state index in [1.54, 1.807) is 28.4 Å². The van der Waals surface area contributed by atoms with Crippen LogP contribution >= 0.6 is 11.3 Å². The van der Waals surface area contributed by atoms with E-state index in [2.05, 4.69) is 15.9 Å². The van der Waals surface area contributed by atoms with Gasteiger partial charge in [-0.3, -0.25) is 14.9 Å². The lowest BCUT2D eigenvalue weighted by molar-refractivity contribution is -0.384. The molecule has 2 aromatic heterocycles. The normalized spacial score (nSPS) is 11.6. The molecule has 0 spiro atoms. The second-order valence-electron chi connectivity index (χ2n) is 4.86. The van der Waals surface area contributed by atoms with Gasteiger partial charge >= 0.3 is 5.91 Å². The number of nitrogens with zero attached hydrogens (tertiary/aromatic N) is 5. The van der Waals surface area contributed by atoms with Gasteiger partial charge in [-0.25, -0.2) is 4.98 Å². The van der Waals surface area contributed by atoms with Crippen molar-refractivity contribution in [1.82, 2.24) is 14.1 Å². The fraction of sp³-hybridized carbons (Fsp3) is 0.133. The second kappa shape index (κ2) is 6.10. The van der Waals surface area contributed by atoms with Crippen molar-refractivity contribution < 1.29 is 9.72 Å². The Kier molecular flexibility index (Phi) is 3.97. The molecule has 0 unspecified atom stereocenters. The van der Waals surface area contributed by atoms with E-state index in [1.807, 2.05) is 0 Å². The van der Waals surface area contributed by atoms with Gasteiger partial charge in [-0.15, -0.1) is 6.42 Å². The summed E-state index contributed by atoms with van der Waals surface area (Å²) in [6.45, 7) is 0.199. The maximum absolute atomic E-state index is 12.3. The van der Waals surface area contributed by atoms with Crippen LogP contribution in [0.1, 0.15) is 10.6 Å². The van der Waals surface area contributed by atoms with E-state index in [0.717, 1.165) is 0 Å². The van der Waals surface area contributed by atoms with E-state index in [1.165, 1.54) is 29.7 Å². The molecule has 8 nitrogen and oxygen atoms in total. The number of fused-ring (bicyclic) bond motifs is 1. The lowest BCUT2D eigenvalue weighted by atomic mass is 10.3. The van der Waals surface area contributed by atoms with E-state index >= 15 is 0 Å². The Balaban J connectivity index is 2.19. The number of terminal acetylenes is 1. The molecule has 3 rings (SSSR count). The Morgan fingerprint density at radius 3 is 2.96 bits per heavy atom. The number of hydrogen-bond acceptors (Lipinski definition) is 5. The molecule has 0 fully saturated rings. The highest BCUT2D eigenvalue weighted by atomic mass is 32.1. The molecule has 0 radical (unpaired) electrons. The molecule has 3 aromatic rings. The number of carbonyl (C=O) groups excluding carboxylic acids is 1. The van der Waals surface area contributed by atoms with Crippen molar-refractivity contribution in [3.63, 3.8) is 0 Å². The first-order valence-electron chi connectivity index (χ1n) is 6.79. The molecule has 9 heteroatoms. The Bertz CT molecular complexity index is 1070. The second-order valence-corrected chi connectivity index (χ2v) is 5.87. The lowest BCUT2D eigenvalue weighted by Crippen LogP contribution is -2.17. The van der Waals surface area contributed by atoms with E-state index in [4.69, 9.17) is 6.42 Å². The van der Waals surface area contributed by atoms with Gasteiger partial charge < -0.3 is 9.13 Å².